The molecule has 3 nitrogen and oxygen atoms in total. The van der Waals surface area contributed by atoms with Gasteiger partial charge in [0, 0.05) is 6.54 Å². The minimum atomic E-state index is -4.43. The third kappa shape index (κ3) is 4.31. The molecule has 106 valence electrons. The van der Waals surface area contributed by atoms with E-state index in [0.717, 1.165) is 4.90 Å². The minimum absolute atomic E-state index is 0.00222. The van der Waals surface area contributed by atoms with Gasteiger partial charge >= 0.3 is 12.1 Å². The molecule has 7 heteroatoms. The van der Waals surface area contributed by atoms with E-state index >= 15 is 0 Å². The van der Waals surface area contributed by atoms with Crippen LogP contribution in [0.4, 0.5) is 18.9 Å². The Labute approximate surface area is 113 Å². The molecule has 0 aliphatic rings. The fraction of sp³-hybridized carbons (Fsp3) is 0.417. The highest BCUT2D eigenvalue weighted by Gasteiger charge is 2.32. The Kier molecular flexibility index (Phi) is 5.05. The van der Waals surface area contributed by atoms with Gasteiger partial charge in [-0.3, -0.25) is 0 Å². The van der Waals surface area contributed by atoms with Gasteiger partial charge in [-0.2, -0.15) is 13.2 Å². The quantitative estimate of drug-likeness (QED) is 0.898. The van der Waals surface area contributed by atoms with Gasteiger partial charge in [-0.1, -0.05) is 24.6 Å². The van der Waals surface area contributed by atoms with E-state index in [4.69, 9.17) is 16.7 Å². The Bertz CT molecular complexity index is 463. The van der Waals surface area contributed by atoms with Crippen molar-refractivity contribution in [3.05, 3.63) is 28.8 Å². The molecular formula is C12H13ClF3NO2. The number of nitrogens with zero attached hydrogens (tertiary/aromatic N) is 1. The van der Waals surface area contributed by atoms with Crippen LogP contribution in [0.1, 0.15) is 23.7 Å². The summed E-state index contributed by atoms with van der Waals surface area (Å²) in [6.07, 6.45) is -3.98. The molecular weight excluding hydrogens is 283 g/mol. The zero-order chi connectivity index (χ0) is 14.6. The van der Waals surface area contributed by atoms with Crippen molar-refractivity contribution < 1.29 is 23.1 Å². The van der Waals surface area contributed by atoms with E-state index in [0.29, 0.717) is 6.42 Å². The summed E-state index contributed by atoms with van der Waals surface area (Å²) >= 11 is 5.86. The SMILES string of the molecule is CCCN(CC(F)(F)F)c1c(Cl)cccc1C(=O)O. The van der Waals surface area contributed by atoms with E-state index in [2.05, 4.69) is 0 Å². The van der Waals surface area contributed by atoms with E-state index in [9.17, 15) is 18.0 Å². The Morgan fingerprint density at radius 1 is 1.42 bits per heavy atom. The second-order valence-corrected chi connectivity index (χ2v) is 4.39. The van der Waals surface area contributed by atoms with Gasteiger partial charge in [-0.15, -0.1) is 0 Å². The summed E-state index contributed by atoms with van der Waals surface area (Å²) in [7, 11) is 0. The van der Waals surface area contributed by atoms with Crippen LogP contribution >= 0.6 is 11.6 Å². The summed E-state index contributed by atoms with van der Waals surface area (Å²) in [5.41, 5.74) is -0.318. The number of anilines is 1. The minimum Gasteiger partial charge on any atom is -0.478 e. The van der Waals surface area contributed by atoms with Crippen LogP contribution in [-0.4, -0.2) is 30.3 Å². The number of benzene rings is 1. The van der Waals surface area contributed by atoms with Gasteiger partial charge in [0.25, 0.3) is 0 Å². The Hall–Kier alpha value is -1.43. The Morgan fingerprint density at radius 2 is 2.05 bits per heavy atom. The molecule has 0 spiro atoms. The highest BCUT2D eigenvalue weighted by molar-refractivity contribution is 6.34. The third-order valence-electron chi connectivity index (χ3n) is 2.40. The van der Waals surface area contributed by atoms with Crippen molar-refractivity contribution in [1.29, 1.82) is 0 Å². The number of para-hydroxylation sites is 1. The van der Waals surface area contributed by atoms with Crippen molar-refractivity contribution in [3.63, 3.8) is 0 Å². The first-order valence-corrected chi connectivity index (χ1v) is 5.97. The van der Waals surface area contributed by atoms with E-state index in [1.165, 1.54) is 18.2 Å². The standard InChI is InChI=1S/C12H13ClF3NO2/c1-2-6-17(7-12(14,15)16)10-8(11(18)19)4-3-5-9(10)13/h3-5H,2,6-7H2,1H3,(H,18,19). The van der Waals surface area contributed by atoms with Crippen molar-refractivity contribution >= 4 is 23.3 Å². The Balaban J connectivity index is 3.25. The van der Waals surface area contributed by atoms with Crippen molar-refractivity contribution in [1.82, 2.24) is 0 Å². The predicted octanol–water partition coefficient (Wildman–Crippen LogP) is 3.82. The molecule has 0 heterocycles. The molecule has 0 unspecified atom stereocenters. The molecule has 0 bridgehead atoms. The topological polar surface area (TPSA) is 40.5 Å². The molecule has 1 N–H and O–H groups in total. The summed E-state index contributed by atoms with van der Waals surface area (Å²) in [6.45, 7) is 0.551. The Morgan fingerprint density at radius 3 is 2.53 bits per heavy atom. The molecule has 0 aromatic heterocycles. The van der Waals surface area contributed by atoms with Crippen LogP contribution in [0.25, 0.3) is 0 Å². The van der Waals surface area contributed by atoms with Gasteiger partial charge in [0.05, 0.1) is 16.3 Å². The smallest absolute Gasteiger partial charge is 0.405 e. The molecule has 0 atom stereocenters. The molecule has 19 heavy (non-hydrogen) atoms. The van der Waals surface area contributed by atoms with E-state index < -0.39 is 18.7 Å². The number of aromatic carboxylic acids is 1. The summed E-state index contributed by atoms with van der Waals surface area (Å²) in [4.78, 5) is 12.0. The maximum atomic E-state index is 12.5. The van der Waals surface area contributed by atoms with Gasteiger partial charge in [0.2, 0.25) is 0 Å². The van der Waals surface area contributed by atoms with E-state index in [-0.39, 0.29) is 22.8 Å². The zero-order valence-electron chi connectivity index (χ0n) is 10.2. The van der Waals surface area contributed by atoms with Crippen molar-refractivity contribution in [2.45, 2.75) is 19.5 Å². The van der Waals surface area contributed by atoms with Crippen LogP contribution in [0.3, 0.4) is 0 Å². The lowest BCUT2D eigenvalue weighted by atomic mass is 10.1. The number of carboxylic acid groups (broad SMARTS) is 1. The van der Waals surface area contributed by atoms with Gasteiger partial charge < -0.3 is 10.0 Å². The second-order valence-electron chi connectivity index (χ2n) is 3.98. The molecule has 0 aliphatic carbocycles. The van der Waals surface area contributed by atoms with Gasteiger partial charge in [-0.05, 0) is 18.6 Å². The molecule has 0 saturated carbocycles. The molecule has 0 aliphatic heterocycles. The van der Waals surface area contributed by atoms with Gasteiger partial charge in [-0.25, -0.2) is 4.79 Å². The first-order chi connectivity index (χ1) is 8.76. The molecule has 1 rings (SSSR count). The van der Waals surface area contributed by atoms with Crippen molar-refractivity contribution in [3.8, 4) is 0 Å². The largest absolute Gasteiger partial charge is 0.478 e. The van der Waals surface area contributed by atoms with Crippen molar-refractivity contribution in [2.24, 2.45) is 0 Å². The molecule has 1 aromatic rings. The van der Waals surface area contributed by atoms with Crippen LogP contribution in [-0.2, 0) is 0 Å². The second kappa shape index (κ2) is 6.14. The summed E-state index contributed by atoms with van der Waals surface area (Å²) in [5.74, 6) is -1.30. The van der Waals surface area contributed by atoms with Crippen LogP contribution < -0.4 is 4.90 Å². The molecule has 0 amide bonds. The first kappa shape index (κ1) is 15.6. The predicted molar refractivity (Wildman–Crippen MR) is 67.0 cm³/mol. The van der Waals surface area contributed by atoms with Gasteiger partial charge in [0.1, 0.15) is 6.54 Å². The highest BCUT2D eigenvalue weighted by Crippen LogP contribution is 2.32. The average Bonchev–Trinajstić information content (AvgIpc) is 2.26. The monoisotopic (exact) mass is 295 g/mol. The maximum absolute atomic E-state index is 12.5. The fourth-order valence-electron chi connectivity index (χ4n) is 1.77. The van der Waals surface area contributed by atoms with Crippen LogP contribution in [0.15, 0.2) is 18.2 Å². The summed E-state index contributed by atoms with van der Waals surface area (Å²) in [6, 6.07) is 4.01. The molecule has 0 saturated heterocycles. The number of rotatable bonds is 5. The summed E-state index contributed by atoms with van der Waals surface area (Å²) < 4.78 is 37.6. The first-order valence-electron chi connectivity index (χ1n) is 5.59. The van der Waals surface area contributed by atoms with Crippen LogP contribution in [0.2, 0.25) is 5.02 Å². The molecule has 0 radical (unpaired) electrons. The third-order valence-corrected chi connectivity index (χ3v) is 2.70. The maximum Gasteiger partial charge on any atom is 0.405 e. The number of halogens is 4. The summed E-state index contributed by atoms with van der Waals surface area (Å²) in [5, 5.41) is 9.04. The fourth-order valence-corrected chi connectivity index (χ4v) is 2.06. The van der Waals surface area contributed by atoms with Crippen molar-refractivity contribution in [2.75, 3.05) is 18.0 Å². The highest BCUT2D eigenvalue weighted by atomic mass is 35.5. The van der Waals surface area contributed by atoms with E-state index in [1.807, 2.05) is 0 Å². The normalized spacial score (nSPS) is 11.4. The number of carbonyl (C=O) groups is 1. The number of hydrogen-bond donors (Lipinski definition) is 1. The number of carboxylic acids is 1. The lowest BCUT2D eigenvalue weighted by Gasteiger charge is -2.27. The lowest BCUT2D eigenvalue weighted by molar-refractivity contribution is -0.119. The van der Waals surface area contributed by atoms with Crippen LogP contribution in [0, 0.1) is 0 Å². The molecule has 1 aromatic carbocycles. The number of alkyl halides is 3. The zero-order valence-corrected chi connectivity index (χ0v) is 10.9. The average molecular weight is 296 g/mol. The lowest BCUT2D eigenvalue weighted by Crippen LogP contribution is -2.36. The van der Waals surface area contributed by atoms with Crippen LogP contribution in [0.5, 0.6) is 0 Å². The van der Waals surface area contributed by atoms with Gasteiger partial charge in [0.15, 0.2) is 0 Å². The van der Waals surface area contributed by atoms with E-state index in [1.54, 1.807) is 6.92 Å². The molecule has 0 fully saturated rings. The number of hydrogen-bond acceptors (Lipinski definition) is 2.